The molecule has 8 nitrogen and oxygen atoms in total. The normalized spacial score (nSPS) is 11.2. The maximum atomic E-state index is 11.2. The third-order valence-corrected chi connectivity index (χ3v) is 2.71. The highest BCUT2D eigenvalue weighted by molar-refractivity contribution is 8.00. The SMILES string of the molecule is CCNC(=O)NC(=O)CSCC(NC=O)C(=O)O. The molecular formula is C9H15N3O5S. The Balaban J connectivity index is 3.88. The highest BCUT2D eigenvalue weighted by Crippen LogP contribution is 2.02. The summed E-state index contributed by atoms with van der Waals surface area (Å²) in [6.07, 6.45) is 0.286. The van der Waals surface area contributed by atoms with E-state index in [1.54, 1.807) is 6.92 Å². The van der Waals surface area contributed by atoms with Gasteiger partial charge in [-0.15, -0.1) is 11.8 Å². The number of carbonyl (C=O) groups is 4. The van der Waals surface area contributed by atoms with Crippen molar-refractivity contribution in [3.8, 4) is 0 Å². The number of thioether (sulfide) groups is 1. The Morgan fingerprint density at radius 2 is 2.06 bits per heavy atom. The molecule has 0 aromatic carbocycles. The van der Waals surface area contributed by atoms with E-state index < -0.39 is 23.9 Å². The molecule has 0 rings (SSSR count). The second-order valence-electron chi connectivity index (χ2n) is 3.10. The van der Waals surface area contributed by atoms with E-state index in [0.29, 0.717) is 6.54 Å². The molecule has 0 aliphatic carbocycles. The van der Waals surface area contributed by atoms with Gasteiger partial charge in [-0.2, -0.15) is 0 Å². The minimum Gasteiger partial charge on any atom is -0.480 e. The number of aliphatic carboxylic acids is 1. The Hall–Kier alpha value is -1.77. The van der Waals surface area contributed by atoms with Crippen molar-refractivity contribution in [3.63, 3.8) is 0 Å². The first-order chi connectivity index (χ1) is 8.51. The molecule has 0 radical (unpaired) electrons. The molecule has 0 fully saturated rings. The summed E-state index contributed by atoms with van der Waals surface area (Å²) >= 11 is 1.00. The zero-order chi connectivity index (χ0) is 14.0. The van der Waals surface area contributed by atoms with Gasteiger partial charge in [0.2, 0.25) is 12.3 Å². The molecule has 0 spiro atoms. The second-order valence-corrected chi connectivity index (χ2v) is 4.13. The number of amides is 4. The molecule has 1 atom stereocenters. The van der Waals surface area contributed by atoms with Gasteiger partial charge in [-0.05, 0) is 6.92 Å². The first kappa shape index (κ1) is 16.2. The molecule has 18 heavy (non-hydrogen) atoms. The Labute approximate surface area is 108 Å². The number of rotatable bonds is 8. The van der Waals surface area contributed by atoms with Gasteiger partial charge in [0, 0.05) is 12.3 Å². The summed E-state index contributed by atoms with van der Waals surface area (Å²) in [5.74, 6) is -1.74. The molecule has 0 aliphatic heterocycles. The first-order valence-electron chi connectivity index (χ1n) is 5.09. The number of carboxylic acid groups (broad SMARTS) is 1. The average molecular weight is 277 g/mol. The summed E-state index contributed by atoms with van der Waals surface area (Å²) < 4.78 is 0. The number of imide groups is 1. The fraction of sp³-hybridized carbons (Fsp3) is 0.556. The monoisotopic (exact) mass is 277 g/mol. The Bertz CT molecular complexity index is 323. The lowest BCUT2D eigenvalue weighted by atomic mass is 10.3. The van der Waals surface area contributed by atoms with Crippen molar-refractivity contribution in [1.29, 1.82) is 0 Å². The van der Waals surface area contributed by atoms with Crippen LogP contribution in [-0.4, -0.2) is 53.5 Å². The third-order valence-electron chi connectivity index (χ3n) is 1.68. The van der Waals surface area contributed by atoms with E-state index in [2.05, 4.69) is 16.0 Å². The molecule has 102 valence electrons. The summed E-state index contributed by atoms with van der Waals surface area (Å²) in [6.45, 7) is 2.11. The molecular weight excluding hydrogens is 262 g/mol. The average Bonchev–Trinajstić information content (AvgIpc) is 2.27. The van der Waals surface area contributed by atoms with E-state index in [4.69, 9.17) is 5.11 Å². The maximum Gasteiger partial charge on any atom is 0.327 e. The van der Waals surface area contributed by atoms with Crippen molar-refractivity contribution in [2.24, 2.45) is 0 Å². The standard InChI is InChI=1S/C9H15N3O5S/c1-2-10-9(17)12-7(14)4-18-3-6(8(15)16)11-5-13/h5-6H,2-4H2,1H3,(H,11,13)(H,15,16)(H2,10,12,14,17). The predicted molar refractivity (Wildman–Crippen MR) is 65.2 cm³/mol. The maximum absolute atomic E-state index is 11.2. The number of hydrogen-bond donors (Lipinski definition) is 4. The van der Waals surface area contributed by atoms with Crippen LogP contribution in [0.3, 0.4) is 0 Å². The van der Waals surface area contributed by atoms with Gasteiger partial charge in [0.15, 0.2) is 0 Å². The largest absolute Gasteiger partial charge is 0.480 e. The zero-order valence-corrected chi connectivity index (χ0v) is 10.6. The van der Waals surface area contributed by atoms with Crippen LogP contribution in [0.25, 0.3) is 0 Å². The van der Waals surface area contributed by atoms with Gasteiger partial charge in [0.1, 0.15) is 6.04 Å². The van der Waals surface area contributed by atoms with Crippen LogP contribution in [0.2, 0.25) is 0 Å². The highest BCUT2D eigenvalue weighted by Gasteiger charge is 2.17. The fourth-order valence-electron chi connectivity index (χ4n) is 0.910. The van der Waals surface area contributed by atoms with E-state index in [1.807, 2.05) is 0 Å². The second kappa shape index (κ2) is 9.28. The Morgan fingerprint density at radius 3 is 2.56 bits per heavy atom. The van der Waals surface area contributed by atoms with Gasteiger partial charge >= 0.3 is 12.0 Å². The van der Waals surface area contributed by atoms with Crippen LogP contribution in [0.5, 0.6) is 0 Å². The molecule has 4 N–H and O–H groups in total. The first-order valence-corrected chi connectivity index (χ1v) is 6.24. The van der Waals surface area contributed by atoms with Gasteiger partial charge in [-0.1, -0.05) is 0 Å². The smallest absolute Gasteiger partial charge is 0.327 e. The zero-order valence-electron chi connectivity index (χ0n) is 9.76. The lowest BCUT2D eigenvalue weighted by Crippen LogP contribution is -2.41. The summed E-state index contributed by atoms with van der Waals surface area (Å²) in [5, 5.41) is 15.2. The van der Waals surface area contributed by atoms with Crippen molar-refractivity contribution in [2.45, 2.75) is 13.0 Å². The van der Waals surface area contributed by atoms with Crippen LogP contribution in [0, 0.1) is 0 Å². The van der Waals surface area contributed by atoms with Crippen molar-refractivity contribution in [2.75, 3.05) is 18.1 Å². The van der Waals surface area contributed by atoms with Crippen molar-refractivity contribution >= 4 is 36.1 Å². The fourth-order valence-corrected chi connectivity index (χ4v) is 1.76. The van der Waals surface area contributed by atoms with Gasteiger partial charge in [-0.3, -0.25) is 14.9 Å². The lowest BCUT2D eigenvalue weighted by Gasteiger charge is -2.10. The van der Waals surface area contributed by atoms with E-state index in [0.717, 1.165) is 11.8 Å². The lowest BCUT2D eigenvalue weighted by molar-refractivity contribution is -0.139. The quantitative estimate of drug-likeness (QED) is 0.411. The minimum atomic E-state index is -1.18. The number of nitrogens with one attached hydrogen (secondary N) is 3. The molecule has 0 saturated carbocycles. The molecule has 0 aromatic rings. The van der Waals surface area contributed by atoms with Crippen molar-refractivity contribution < 1.29 is 24.3 Å². The molecule has 0 aliphatic rings. The highest BCUT2D eigenvalue weighted by atomic mass is 32.2. The van der Waals surface area contributed by atoms with Crippen LogP contribution in [0.1, 0.15) is 6.92 Å². The van der Waals surface area contributed by atoms with Crippen molar-refractivity contribution in [3.05, 3.63) is 0 Å². The van der Waals surface area contributed by atoms with E-state index in [1.165, 1.54) is 0 Å². The topological polar surface area (TPSA) is 125 Å². The van der Waals surface area contributed by atoms with Crippen LogP contribution in [0.4, 0.5) is 4.79 Å². The van der Waals surface area contributed by atoms with Gasteiger partial charge in [0.05, 0.1) is 5.75 Å². The molecule has 0 bridgehead atoms. The Morgan fingerprint density at radius 1 is 1.39 bits per heavy atom. The molecule has 4 amide bonds. The molecule has 0 aromatic heterocycles. The Kier molecular flexibility index (Phi) is 8.37. The number of carboxylic acids is 1. The van der Waals surface area contributed by atoms with E-state index in [9.17, 15) is 19.2 Å². The van der Waals surface area contributed by atoms with E-state index >= 15 is 0 Å². The number of carbonyl (C=O) groups excluding carboxylic acids is 3. The summed E-state index contributed by atoms with van der Waals surface area (Å²) in [5.41, 5.74) is 0. The summed E-state index contributed by atoms with van der Waals surface area (Å²) in [6, 6.07) is -1.64. The molecule has 0 saturated heterocycles. The summed E-state index contributed by atoms with van der Waals surface area (Å²) in [4.78, 5) is 42.9. The molecule has 1 unspecified atom stereocenters. The summed E-state index contributed by atoms with van der Waals surface area (Å²) in [7, 11) is 0. The third kappa shape index (κ3) is 7.49. The van der Waals surface area contributed by atoms with Crippen LogP contribution < -0.4 is 16.0 Å². The predicted octanol–water partition coefficient (Wildman–Crippen LogP) is -1.24. The number of hydrogen-bond acceptors (Lipinski definition) is 5. The van der Waals surface area contributed by atoms with Crippen LogP contribution in [0.15, 0.2) is 0 Å². The van der Waals surface area contributed by atoms with Crippen LogP contribution in [-0.2, 0) is 14.4 Å². The van der Waals surface area contributed by atoms with Crippen LogP contribution >= 0.6 is 11.8 Å². The van der Waals surface area contributed by atoms with Gasteiger partial charge < -0.3 is 15.7 Å². The molecule has 9 heteroatoms. The molecule has 0 heterocycles. The minimum absolute atomic E-state index is 0.0386. The van der Waals surface area contributed by atoms with Crippen molar-refractivity contribution in [1.82, 2.24) is 16.0 Å². The van der Waals surface area contributed by atoms with Gasteiger partial charge in [0.25, 0.3) is 0 Å². The number of urea groups is 1. The van der Waals surface area contributed by atoms with E-state index in [-0.39, 0.29) is 17.9 Å². The van der Waals surface area contributed by atoms with Gasteiger partial charge in [-0.25, -0.2) is 9.59 Å².